The molecule has 2 N–H and O–H groups in total. The van der Waals surface area contributed by atoms with Crippen molar-refractivity contribution in [2.75, 3.05) is 12.4 Å². The van der Waals surface area contributed by atoms with Gasteiger partial charge in [0.1, 0.15) is 11.5 Å². The van der Waals surface area contributed by atoms with E-state index in [1.54, 1.807) is 38.4 Å². The number of ketones is 1. The summed E-state index contributed by atoms with van der Waals surface area (Å²) in [5.74, 6) is -1.06. The highest BCUT2D eigenvalue weighted by Crippen LogP contribution is 2.21. The molecule has 182 valence electrons. The maximum absolute atomic E-state index is 13.5. The summed E-state index contributed by atoms with van der Waals surface area (Å²) >= 11 is 0. The van der Waals surface area contributed by atoms with Crippen molar-refractivity contribution in [3.05, 3.63) is 118 Å². The number of hydrogen-bond donors (Lipinski definition) is 2. The molecule has 4 aromatic rings. The van der Waals surface area contributed by atoms with Crippen LogP contribution in [0.4, 0.5) is 10.1 Å². The van der Waals surface area contributed by atoms with Gasteiger partial charge in [-0.25, -0.2) is 4.39 Å². The van der Waals surface area contributed by atoms with E-state index in [9.17, 15) is 18.8 Å². The van der Waals surface area contributed by atoms with E-state index in [0.717, 1.165) is 5.56 Å². The Hall–Kier alpha value is -4.43. The van der Waals surface area contributed by atoms with Gasteiger partial charge in [-0.1, -0.05) is 30.3 Å². The van der Waals surface area contributed by atoms with Crippen molar-refractivity contribution in [1.29, 1.82) is 0 Å². The minimum atomic E-state index is -0.481. The van der Waals surface area contributed by atoms with Crippen molar-refractivity contribution in [1.82, 2.24) is 14.9 Å². The fourth-order valence-electron chi connectivity index (χ4n) is 3.71. The van der Waals surface area contributed by atoms with Crippen LogP contribution in [0.3, 0.4) is 0 Å². The van der Waals surface area contributed by atoms with E-state index in [1.165, 1.54) is 35.0 Å². The molecule has 2 heterocycles. The van der Waals surface area contributed by atoms with Gasteiger partial charge in [-0.3, -0.25) is 19.4 Å². The largest absolute Gasteiger partial charge is 0.320 e. The quantitative estimate of drug-likeness (QED) is 0.371. The molecule has 0 unspecified atom stereocenters. The summed E-state index contributed by atoms with van der Waals surface area (Å²) in [6.07, 6.45) is 3.02. The number of benzene rings is 2. The molecule has 0 bridgehead atoms. The van der Waals surface area contributed by atoms with Crippen LogP contribution in [0.5, 0.6) is 0 Å². The highest BCUT2D eigenvalue weighted by molar-refractivity contribution is 6.08. The third-order valence-corrected chi connectivity index (χ3v) is 5.83. The summed E-state index contributed by atoms with van der Waals surface area (Å²) in [5.41, 5.74) is 2.51. The number of aromatic nitrogens is 2. The van der Waals surface area contributed by atoms with Gasteiger partial charge < -0.3 is 15.2 Å². The summed E-state index contributed by atoms with van der Waals surface area (Å²) in [5, 5.41) is 5.53. The SMILES string of the molecule is CN[C@@H](C)C(=O)Nc1ccc(-c2ccccc2)n(Cc2cncc(C(=O)c3ccc(F)cc3)c2)c1=O. The summed E-state index contributed by atoms with van der Waals surface area (Å²) in [7, 11) is 1.66. The Morgan fingerprint density at radius 1 is 0.972 bits per heavy atom. The van der Waals surface area contributed by atoms with Gasteiger partial charge in [-0.15, -0.1) is 0 Å². The molecule has 0 spiro atoms. The van der Waals surface area contributed by atoms with Crippen LogP contribution in [-0.2, 0) is 11.3 Å². The van der Waals surface area contributed by atoms with E-state index in [1.807, 2.05) is 30.3 Å². The number of anilines is 1. The maximum Gasteiger partial charge on any atom is 0.275 e. The zero-order chi connectivity index (χ0) is 25.7. The van der Waals surface area contributed by atoms with Crippen LogP contribution in [0.15, 0.2) is 90.0 Å². The average molecular weight is 485 g/mol. The van der Waals surface area contributed by atoms with E-state index in [-0.39, 0.29) is 29.5 Å². The lowest BCUT2D eigenvalue weighted by Crippen LogP contribution is -2.37. The zero-order valence-corrected chi connectivity index (χ0v) is 19.9. The fourth-order valence-corrected chi connectivity index (χ4v) is 3.71. The van der Waals surface area contributed by atoms with Crippen LogP contribution in [0.1, 0.15) is 28.4 Å². The minimum absolute atomic E-state index is 0.117. The molecule has 0 aliphatic carbocycles. The number of nitrogens with zero attached hydrogens (tertiary/aromatic N) is 2. The minimum Gasteiger partial charge on any atom is -0.320 e. The van der Waals surface area contributed by atoms with Gasteiger partial charge in [0.25, 0.3) is 5.56 Å². The first-order chi connectivity index (χ1) is 17.4. The van der Waals surface area contributed by atoms with Crippen molar-refractivity contribution in [3.63, 3.8) is 0 Å². The van der Waals surface area contributed by atoms with Crippen LogP contribution >= 0.6 is 0 Å². The number of hydrogen-bond acceptors (Lipinski definition) is 5. The van der Waals surface area contributed by atoms with E-state index in [4.69, 9.17) is 0 Å². The van der Waals surface area contributed by atoms with Crippen molar-refractivity contribution >= 4 is 17.4 Å². The van der Waals surface area contributed by atoms with Gasteiger partial charge >= 0.3 is 0 Å². The van der Waals surface area contributed by atoms with Gasteiger partial charge in [-0.2, -0.15) is 0 Å². The average Bonchev–Trinajstić information content (AvgIpc) is 2.91. The number of amides is 1. The molecule has 36 heavy (non-hydrogen) atoms. The second-order valence-electron chi connectivity index (χ2n) is 8.31. The Morgan fingerprint density at radius 2 is 1.69 bits per heavy atom. The highest BCUT2D eigenvalue weighted by Gasteiger charge is 2.17. The second kappa shape index (κ2) is 10.9. The topological polar surface area (TPSA) is 93.1 Å². The molecule has 2 aromatic heterocycles. The molecule has 1 atom stereocenters. The fraction of sp³-hybridized carbons (Fsp3) is 0.143. The third-order valence-electron chi connectivity index (χ3n) is 5.83. The second-order valence-corrected chi connectivity index (χ2v) is 8.31. The number of likely N-dealkylation sites (N-methyl/N-ethyl adjacent to an activating group) is 1. The first kappa shape index (κ1) is 24.7. The van der Waals surface area contributed by atoms with Crippen molar-refractivity contribution in [3.8, 4) is 11.3 Å². The molecule has 4 rings (SSSR count). The van der Waals surface area contributed by atoms with Crippen LogP contribution in [-0.4, -0.2) is 34.3 Å². The summed E-state index contributed by atoms with van der Waals surface area (Å²) in [6.45, 7) is 1.81. The molecule has 0 saturated heterocycles. The molecular formula is C28H25FN4O3. The van der Waals surface area contributed by atoms with E-state index in [0.29, 0.717) is 22.4 Å². The Labute approximate surface area is 207 Å². The lowest BCUT2D eigenvalue weighted by atomic mass is 10.0. The van der Waals surface area contributed by atoms with Crippen LogP contribution < -0.4 is 16.2 Å². The smallest absolute Gasteiger partial charge is 0.275 e. The van der Waals surface area contributed by atoms with Crippen LogP contribution in [0.2, 0.25) is 0 Å². The van der Waals surface area contributed by atoms with Crippen LogP contribution in [0, 0.1) is 5.82 Å². The number of halogens is 1. The molecule has 0 saturated carbocycles. The normalized spacial score (nSPS) is 11.6. The standard InChI is InChI=1S/C28H25FN4O3/c1-18(30-2)27(35)32-24-12-13-25(20-6-4-3-5-7-20)33(28(24)36)17-19-14-22(16-31-15-19)26(34)21-8-10-23(29)11-9-21/h3-16,18,30H,17H2,1-2H3,(H,32,35)/t18-/m0/s1. The Bertz CT molecular complexity index is 1450. The van der Waals surface area contributed by atoms with Crippen molar-refractivity contribution in [2.45, 2.75) is 19.5 Å². The van der Waals surface area contributed by atoms with Crippen LogP contribution in [0.25, 0.3) is 11.3 Å². The predicted molar refractivity (Wildman–Crippen MR) is 136 cm³/mol. The molecule has 0 radical (unpaired) electrons. The third kappa shape index (κ3) is 5.45. The Kier molecular flexibility index (Phi) is 7.46. The van der Waals surface area contributed by atoms with Gasteiger partial charge in [0.05, 0.1) is 18.3 Å². The van der Waals surface area contributed by atoms with Gasteiger partial charge in [0, 0.05) is 23.5 Å². The summed E-state index contributed by atoms with van der Waals surface area (Å²) < 4.78 is 14.8. The Morgan fingerprint density at radius 3 is 2.39 bits per heavy atom. The lowest BCUT2D eigenvalue weighted by Gasteiger charge is -2.17. The monoisotopic (exact) mass is 484 g/mol. The lowest BCUT2D eigenvalue weighted by molar-refractivity contribution is -0.117. The summed E-state index contributed by atoms with van der Waals surface area (Å²) in [6, 6.07) is 19.2. The first-order valence-electron chi connectivity index (χ1n) is 11.4. The van der Waals surface area contributed by atoms with Gasteiger partial charge in [-0.05, 0) is 67.6 Å². The Balaban J connectivity index is 1.73. The van der Waals surface area contributed by atoms with E-state index >= 15 is 0 Å². The molecule has 0 fully saturated rings. The molecule has 8 heteroatoms. The number of rotatable bonds is 8. The molecule has 2 aromatic carbocycles. The molecule has 0 aliphatic rings. The van der Waals surface area contributed by atoms with Gasteiger partial charge in [0.15, 0.2) is 5.78 Å². The van der Waals surface area contributed by atoms with Gasteiger partial charge in [0.2, 0.25) is 5.91 Å². The molecular weight excluding hydrogens is 459 g/mol. The predicted octanol–water partition coefficient (Wildman–Crippen LogP) is 3.88. The zero-order valence-electron chi connectivity index (χ0n) is 19.9. The number of carbonyl (C=O) groups excluding carboxylic acids is 2. The highest BCUT2D eigenvalue weighted by atomic mass is 19.1. The first-order valence-corrected chi connectivity index (χ1v) is 11.4. The summed E-state index contributed by atoms with van der Waals surface area (Å²) in [4.78, 5) is 43.0. The molecule has 0 aliphatic heterocycles. The van der Waals surface area contributed by atoms with Crippen molar-refractivity contribution < 1.29 is 14.0 Å². The number of pyridine rings is 2. The van der Waals surface area contributed by atoms with Crippen molar-refractivity contribution in [2.24, 2.45) is 0 Å². The number of nitrogens with one attached hydrogen (secondary N) is 2. The van der Waals surface area contributed by atoms with E-state index < -0.39 is 11.9 Å². The molecule has 7 nitrogen and oxygen atoms in total. The molecule has 1 amide bonds. The van der Waals surface area contributed by atoms with E-state index in [2.05, 4.69) is 15.6 Å². The number of carbonyl (C=O) groups is 2. The maximum atomic E-state index is 13.5.